The largest absolute Gasteiger partial charge is 0.354 e. The molecule has 3 N–H and O–H groups in total. The van der Waals surface area contributed by atoms with Crippen molar-refractivity contribution in [3.05, 3.63) is 34.6 Å². The highest BCUT2D eigenvalue weighted by atomic mass is 35.5. The maximum Gasteiger partial charge on any atom is 0.230 e. The van der Waals surface area contributed by atoms with E-state index in [2.05, 4.69) is 5.32 Å². The fourth-order valence-corrected chi connectivity index (χ4v) is 4.23. The Hall–Kier alpha value is -1.46. The summed E-state index contributed by atoms with van der Waals surface area (Å²) in [5, 5.41) is 3.26. The van der Waals surface area contributed by atoms with Crippen molar-refractivity contribution in [3.8, 4) is 0 Å². The molecule has 0 aromatic heterocycles. The molecule has 0 spiro atoms. The van der Waals surface area contributed by atoms with Crippen molar-refractivity contribution in [1.82, 2.24) is 5.32 Å². The van der Waals surface area contributed by atoms with Gasteiger partial charge in [-0.1, -0.05) is 17.7 Å². The van der Waals surface area contributed by atoms with Crippen molar-refractivity contribution in [2.75, 3.05) is 6.54 Å². The second-order valence-electron chi connectivity index (χ2n) is 7.39. The maximum atomic E-state index is 13.2. The van der Waals surface area contributed by atoms with Crippen LogP contribution >= 0.6 is 11.6 Å². The summed E-state index contributed by atoms with van der Waals surface area (Å²) in [5.74, 6) is 0.00500. The molecule has 2 aliphatic carbocycles. The summed E-state index contributed by atoms with van der Waals surface area (Å²) in [6.45, 7) is 0.413. The van der Waals surface area contributed by atoms with E-state index in [0.717, 1.165) is 32.0 Å². The first kappa shape index (κ1) is 18.3. The summed E-state index contributed by atoms with van der Waals surface area (Å²) in [6, 6.07) is 4.08. The van der Waals surface area contributed by atoms with Crippen LogP contribution in [0.25, 0.3) is 0 Å². The van der Waals surface area contributed by atoms with Crippen molar-refractivity contribution in [2.24, 2.45) is 17.6 Å². The number of carbonyl (C=O) groups is 2. The van der Waals surface area contributed by atoms with Crippen molar-refractivity contribution in [1.29, 1.82) is 0 Å². The number of nitrogens with two attached hydrogens (primary N) is 1. The molecular weight excluding hydrogens is 343 g/mol. The van der Waals surface area contributed by atoms with Crippen LogP contribution in [0.15, 0.2) is 18.2 Å². The lowest BCUT2D eigenvalue weighted by Crippen LogP contribution is -2.46. The highest BCUT2D eigenvalue weighted by Gasteiger charge is 2.52. The maximum absolute atomic E-state index is 13.2. The highest BCUT2D eigenvalue weighted by molar-refractivity contribution is 6.31. The van der Waals surface area contributed by atoms with Crippen molar-refractivity contribution >= 4 is 23.8 Å². The van der Waals surface area contributed by atoms with Crippen LogP contribution in [0.2, 0.25) is 5.02 Å². The molecule has 0 bridgehead atoms. The van der Waals surface area contributed by atoms with E-state index in [0.29, 0.717) is 35.9 Å². The van der Waals surface area contributed by atoms with E-state index < -0.39 is 11.2 Å². The van der Waals surface area contributed by atoms with Crippen LogP contribution in [0.5, 0.6) is 0 Å². The van der Waals surface area contributed by atoms with E-state index >= 15 is 0 Å². The minimum absolute atomic E-state index is 0.0852. The van der Waals surface area contributed by atoms with Crippen molar-refractivity contribution < 1.29 is 14.0 Å². The first-order chi connectivity index (χ1) is 12.0. The van der Waals surface area contributed by atoms with Gasteiger partial charge in [-0.25, -0.2) is 4.39 Å². The van der Waals surface area contributed by atoms with Gasteiger partial charge >= 0.3 is 0 Å². The van der Waals surface area contributed by atoms with E-state index in [4.69, 9.17) is 17.3 Å². The average molecular weight is 367 g/mol. The molecule has 2 aliphatic rings. The number of amides is 1. The Morgan fingerprint density at radius 2 is 2.04 bits per heavy atom. The lowest BCUT2D eigenvalue weighted by Gasteiger charge is -2.30. The van der Waals surface area contributed by atoms with E-state index in [1.807, 2.05) is 0 Å². The number of halogens is 2. The van der Waals surface area contributed by atoms with Gasteiger partial charge in [0, 0.05) is 23.5 Å². The van der Waals surface area contributed by atoms with Crippen molar-refractivity contribution in [3.63, 3.8) is 0 Å². The molecule has 2 fully saturated rings. The van der Waals surface area contributed by atoms with Gasteiger partial charge in [-0.2, -0.15) is 0 Å². The summed E-state index contributed by atoms with van der Waals surface area (Å²) < 4.78 is 13.2. The third-order valence-electron chi connectivity index (χ3n) is 5.74. The first-order valence-electron chi connectivity index (χ1n) is 8.91. The molecule has 0 radical (unpaired) electrons. The highest BCUT2D eigenvalue weighted by Crippen LogP contribution is 2.50. The molecule has 1 unspecified atom stereocenters. The van der Waals surface area contributed by atoms with Gasteiger partial charge in [0.05, 0.1) is 5.41 Å². The van der Waals surface area contributed by atoms with Gasteiger partial charge in [0.1, 0.15) is 12.1 Å². The smallest absolute Gasteiger partial charge is 0.230 e. The van der Waals surface area contributed by atoms with Gasteiger partial charge in [-0.05, 0) is 62.1 Å². The van der Waals surface area contributed by atoms with E-state index in [1.165, 1.54) is 12.1 Å². The zero-order chi connectivity index (χ0) is 18.0. The quantitative estimate of drug-likeness (QED) is 0.760. The monoisotopic (exact) mass is 366 g/mol. The lowest BCUT2D eigenvalue weighted by molar-refractivity contribution is -0.123. The van der Waals surface area contributed by atoms with Crippen molar-refractivity contribution in [2.45, 2.75) is 50.0 Å². The Labute approximate surface area is 152 Å². The molecule has 0 saturated heterocycles. The number of benzene rings is 1. The molecule has 3 rings (SSSR count). The number of rotatable bonds is 6. The Kier molecular flexibility index (Phi) is 5.44. The molecule has 2 saturated carbocycles. The molecule has 6 heteroatoms. The molecule has 1 atom stereocenters. The summed E-state index contributed by atoms with van der Waals surface area (Å²) in [7, 11) is 0. The predicted octanol–water partition coefficient (Wildman–Crippen LogP) is 2.96. The summed E-state index contributed by atoms with van der Waals surface area (Å²) in [5.41, 5.74) is 6.31. The molecule has 1 aromatic carbocycles. The van der Waals surface area contributed by atoms with Gasteiger partial charge in [-0.3, -0.25) is 4.79 Å². The fourth-order valence-electron chi connectivity index (χ4n) is 3.88. The van der Waals surface area contributed by atoms with E-state index in [-0.39, 0.29) is 17.9 Å². The normalized spacial score (nSPS) is 25.9. The minimum Gasteiger partial charge on any atom is -0.354 e. The molecule has 25 heavy (non-hydrogen) atoms. The molecule has 1 aromatic rings. The number of hydrogen-bond acceptors (Lipinski definition) is 3. The Morgan fingerprint density at radius 3 is 2.60 bits per heavy atom. The van der Waals surface area contributed by atoms with Crippen LogP contribution in [-0.4, -0.2) is 24.8 Å². The predicted molar refractivity (Wildman–Crippen MR) is 94.8 cm³/mol. The van der Waals surface area contributed by atoms with Crippen LogP contribution in [-0.2, 0) is 15.0 Å². The second-order valence-corrected chi connectivity index (χ2v) is 7.80. The zero-order valence-electron chi connectivity index (χ0n) is 14.1. The van der Waals surface area contributed by atoms with Crippen LogP contribution in [0.1, 0.15) is 44.1 Å². The van der Waals surface area contributed by atoms with Crippen LogP contribution in [0.3, 0.4) is 0 Å². The minimum atomic E-state index is -0.639. The lowest BCUT2D eigenvalue weighted by atomic mass is 9.79. The topological polar surface area (TPSA) is 72.2 Å². The van der Waals surface area contributed by atoms with E-state index in [1.54, 1.807) is 6.07 Å². The van der Waals surface area contributed by atoms with Gasteiger partial charge < -0.3 is 15.8 Å². The third-order valence-corrected chi connectivity index (χ3v) is 6.06. The average Bonchev–Trinajstić information content (AvgIpc) is 3.41. The second kappa shape index (κ2) is 7.42. The van der Waals surface area contributed by atoms with E-state index in [9.17, 15) is 14.0 Å². The Balaban J connectivity index is 1.56. The number of aldehydes is 1. The molecule has 136 valence electrons. The molecule has 1 amide bonds. The Bertz CT molecular complexity index is 655. The third kappa shape index (κ3) is 3.87. The van der Waals surface area contributed by atoms with Crippen LogP contribution < -0.4 is 11.1 Å². The number of hydrogen-bond donors (Lipinski definition) is 2. The zero-order valence-corrected chi connectivity index (χ0v) is 14.9. The van der Waals surface area contributed by atoms with Gasteiger partial charge in [0.2, 0.25) is 5.91 Å². The SMILES string of the molecule is NC(CNC(=O)C1(c2ccc(F)cc2Cl)CC1)C1CCC(C=O)CC1. The Morgan fingerprint density at radius 1 is 1.36 bits per heavy atom. The molecule has 4 nitrogen and oxygen atoms in total. The van der Waals surface area contributed by atoms with Gasteiger partial charge in [-0.15, -0.1) is 0 Å². The number of carbonyl (C=O) groups excluding carboxylic acids is 2. The van der Waals surface area contributed by atoms with Crippen LogP contribution in [0, 0.1) is 17.7 Å². The molecule has 0 aliphatic heterocycles. The summed E-state index contributed by atoms with van der Waals surface area (Å²) in [6.07, 6.45) is 6.07. The summed E-state index contributed by atoms with van der Waals surface area (Å²) in [4.78, 5) is 23.5. The molecular formula is C19H24ClFN2O2. The first-order valence-corrected chi connectivity index (χ1v) is 9.29. The summed E-state index contributed by atoms with van der Waals surface area (Å²) >= 11 is 6.14. The standard InChI is InChI=1S/C19H24ClFN2O2/c20-16-9-14(21)5-6-15(16)19(7-8-19)18(25)23-10-17(22)13-3-1-12(11-24)2-4-13/h5-6,9,11-13,17H,1-4,7-8,10,22H2,(H,23,25). The number of nitrogens with one attached hydrogen (secondary N) is 1. The van der Waals surface area contributed by atoms with Gasteiger partial charge in [0.15, 0.2) is 0 Å². The molecule has 0 heterocycles. The fraction of sp³-hybridized carbons (Fsp3) is 0.579. The van der Waals surface area contributed by atoms with Gasteiger partial charge in [0.25, 0.3) is 0 Å². The van der Waals surface area contributed by atoms with Crippen LogP contribution in [0.4, 0.5) is 4.39 Å².